The Morgan fingerprint density at radius 2 is 0.966 bits per heavy atom. The highest BCUT2D eigenvalue weighted by molar-refractivity contribution is 5.99. The molecule has 4 heteroatoms. The van der Waals surface area contributed by atoms with Gasteiger partial charge in [-0.2, -0.15) is 0 Å². The van der Waals surface area contributed by atoms with E-state index in [4.69, 9.17) is 9.47 Å². The number of esters is 2. The van der Waals surface area contributed by atoms with Gasteiger partial charge in [0, 0.05) is 0 Å². The van der Waals surface area contributed by atoms with Gasteiger partial charge in [-0.1, -0.05) is 62.3 Å². The molecule has 0 radical (unpaired) electrons. The molecule has 0 atom stereocenters. The maximum atomic E-state index is 13.3. The Morgan fingerprint density at radius 3 is 1.24 bits per heavy atom. The molecule has 1 rings (SSSR count). The summed E-state index contributed by atoms with van der Waals surface area (Å²) in [6.45, 7) is 24.4. The maximum absolute atomic E-state index is 13.3. The summed E-state index contributed by atoms with van der Waals surface area (Å²) in [5, 5.41) is 0. The highest BCUT2D eigenvalue weighted by Gasteiger charge is 2.39. The third-order valence-corrected chi connectivity index (χ3v) is 4.60. The van der Waals surface area contributed by atoms with Crippen LogP contribution in [0.4, 0.5) is 0 Å². The van der Waals surface area contributed by atoms with Crippen LogP contribution in [0.25, 0.3) is 0 Å². The second-order valence-electron chi connectivity index (χ2n) is 11.8. The molecule has 0 heterocycles. The lowest BCUT2D eigenvalue weighted by Crippen LogP contribution is -2.34. The first-order chi connectivity index (χ1) is 12.7. The van der Waals surface area contributed by atoms with E-state index in [0.717, 1.165) is 16.7 Å². The summed E-state index contributed by atoms with van der Waals surface area (Å²) in [5.41, 5.74) is 2.15. The van der Waals surface area contributed by atoms with E-state index in [2.05, 4.69) is 62.3 Å². The fraction of sp³-hybridized carbons (Fsp3) is 0.680. The molecule has 0 saturated carbocycles. The summed E-state index contributed by atoms with van der Waals surface area (Å²) in [6, 6.07) is 1.68. The van der Waals surface area contributed by atoms with Crippen LogP contribution in [0, 0.1) is 0 Å². The standard InChI is InChI=1S/C25H40O4/c1-22(2,3)17-15(20(26)28-13)14-16(21(27)29-25(10,11)12)18(23(4,5)6)19(17)24(7,8)9/h14H,1-13H3. The molecule has 0 aliphatic rings. The van der Waals surface area contributed by atoms with Crippen molar-refractivity contribution < 1.29 is 19.1 Å². The lowest BCUT2D eigenvalue weighted by Gasteiger charge is -2.39. The van der Waals surface area contributed by atoms with Gasteiger partial charge in [0.15, 0.2) is 0 Å². The minimum absolute atomic E-state index is 0.300. The van der Waals surface area contributed by atoms with Gasteiger partial charge in [-0.25, -0.2) is 9.59 Å². The zero-order valence-electron chi connectivity index (χ0n) is 20.7. The third-order valence-electron chi connectivity index (χ3n) is 4.60. The van der Waals surface area contributed by atoms with E-state index in [1.807, 2.05) is 20.8 Å². The van der Waals surface area contributed by atoms with E-state index >= 15 is 0 Å². The lowest BCUT2D eigenvalue weighted by atomic mass is 9.66. The van der Waals surface area contributed by atoms with Crippen LogP contribution in [0.2, 0.25) is 0 Å². The molecule has 29 heavy (non-hydrogen) atoms. The first-order valence-corrected chi connectivity index (χ1v) is 10.3. The molecule has 0 aliphatic heterocycles. The zero-order valence-corrected chi connectivity index (χ0v) is 20.7. The van der Waals surface area contributed by atoms with Crippen LogP contribution in [-0.4, -0.2) is 24.6 Å². The number of benzene rings is 1. The van der Waals surface area contributed by atoms with Gasteiger partial charge in [-0.05, 0) is 59.8 Å². The first-order valence-electron chi connectivity index (χ1n) is 10.3. The van der Waals surface area contributed by atoms with E-state index in [0.29, 0.717) is 11.1 Å². The Labute approximate surface area is 177 Å². The number of hydrogen-bond acceptors (Lipinski definition) is 4. The zero-order chi connectivity index (χ0) is 23.2. The van der Waals surface area contributed by atoms with Crippen LogP contribution in [0.5, 0.6) is 0 Å². The van der Waals surface area contributed by atoms with E-state index in [9.17, 15) is 9.59 Å². The first kappa shape index (κ1) is 25.2. The molecular formula is C25H40O4. The predicted molar refractivity (Wildman–Crippen MR) is 119 cm³/mol. The van der Waals surface area contributed by atoms with Crippen molar-refractivity contribution in [3.8, 4) is 0 Å². The van der Waals surface area contributed by atoms with Crippen molar-refractivity contribution in [1.29, 1.82) is 0 Å². The second kappa shape index (κ2) is 7.77. The fourth-order valence-electron chi connectivity index (χ4n) is 3.76. The van der Waals surface area contributed by atoms with Gasteiger partial charge >= 0.3 is 11.9 Å². The van der Waals surface area contributed by atoms with Crippen LogP contribution in [0.1, 0.15) is 120 Å². The highest BCUT2D eigenvalue weighted by atomic mass is 16.6. The molecular weight excluding hydrogens is 364 g/mol. The van der Waals surface area contributed by atoms with Crippen molar-refractivity contribution in [3.05, 3.63) is 33.9 Å². The summed E-state index contributed by atoms with van der Waals surface area (Å²) in [5.74, 6) is -0.857. The van der Waals surface area contributed by atoms with Crippen LogP contribution in [0.15, 0.2) is 6.07 Å². The van der Waals surface area contributed by atoms with Crippen molar-refractivity contribution in [2.24, 2.45) is 0 Å². The van der Waals surface area contributed by atoms with Crippen molar-refractivity contribution in [3.63, 3.8) is 0 Å². The Balaban J connectivity index is 4.26. The third kappa shape index (κ3) is 5.83. The molecule has 0 aromatic heterocycles. The summed E-state index contributed by atoms with van der Waals surface area (Å²) in [4.78, 5) is 26.1. The molecule has 0 N–H and O–H groups in total. The Kier molecular flexibility index (Phi) is 6.75. The molecule has 0 spiro atoms. The maximum Gasteiger partial charge on any atom is 0.338 e. The number of ether oxygens (including phenoxy) is 2. The van der Waals surface area contributed by atoms with Crippen molar-refractivity contribution >= 4 is 11.9 Å². The van der Waals surface area contributed by atoms with Crippen LogP contribution in [0.3, 0.4) is 0 Å². The number of carbonyl (C=O) groups is 2. The van der Waals surface area contributed by atoms with Crippen molar-refractivity contribution in [1.82, 2.24) is 0 Å². The quantitative estimate of drug-likeness (QED) is 0.541. The van der Waals surface area contributed by atoms with Crippen molar-refractivity contribution in [2.75, 3.05) is 7.11 Å². The number of hydrogen-bond donors (Lipinski definition) is 0. The molecule has 4 nitrogen and oxygen atoms in total. The molecule has 0 saturated heterocycles. The largest absolute Gasteiger partial charge is 0.465 e. The monoisotopic (exact) mass is 404 g/mol. The van der Waals surface area contributed by atoms with Crippen LogP contribution in [-0.2, 0) is 25.7 Å². The number of rotatable bonds is 2. The van der Waals surface area contributed by atoms with Gasteiger partial charge in [0.1, 0.15) is 5.60 Å². The Bertz CT molecular complexity index is 789. The van der Waals surface area contributed by atoms with E-state index in [1.165, 1.54) is 7.11 Å². The summed E-state index contributed by atoms with van der Waals surface area (Å²) in [7, 11) is 1.37. The summed E-state index contributed by atoms with van der Waals surface area (Å²) >= 11 is 0. The molecule has 0 aliphatic carbocycles. The molecule has 0 amide bonds. The van der Waals surface area contributed by atoms with E-state index in [1.54, 1.807) is 6.07 Å². The SMILES string of the molecule is COC(=O)c1cc(C(=O)OC(C)(C)C)c(C(C)(C)C)c(C(C)(C)C)c1C(C)(C)C. The minimum Gasteiger partial charge on any atom is -0.465 e. The lowest BCUT2D eigenvalue weighted by molar-refractivity contribution is 0.00665. The van der Waals surface area contributed by atoms with Crippen LogP contribution < -0.4 is 0 Å². The molecule has 0 fully saturated rings. The number of carbonyl (C=O) groups excluding carboxylic acids is 2. The highest BCUT2D eigenvalue weighted by Crippen LogP contribution is 2.44. The Hall–Kier alpha value is -1.84. The van der Waals surface area contributed by atoms with Crippen LogP contribution >= 0.6 is 0 Å². The van der Waals surface area contributed by atoms with E-state index < -0.39 is 17.5 Å². The molecule has 1 aromatic carbocycles. The van der Waals surface area contributed by atoms with Gasteiger partial charge in [-0.15, -0.1) is 0 Å². The van der Waals surface area contributed by atoms with Gasteiger partial charge in [-0.3, -0.25) is 0 Å². The summed E-state index contributed by atoms with van der Waals surface area (Å²) < 4.78 is 10.8. The molecule has 0 unspecified atom stereocenters. The number of methoxy groups -OCH3 is 1. The van der Waals surface area contributed by atoms with E-state index in [-0.39, 0.29) is 16.2 Å². The molecule has 0 bridgehead atoms. The minimum atomic E-state index is -0.637. The summed E-state index contributed by atoms with van der Waals surface area (Å²) in [6.07, 6.45) is 0. The average Bonchev–Trinajstić information content (AvgIpc) is 2.47. The normalized spacial score (nSPS) is 13.3. The van der Waals surface area contributed by atoms with Gasteiger partial charge in [0.25, 0.3) is 0 Å². The smallest absolute Gasteiger partial charge is 0.338 e. The second-order valence-corrected chi connectivity index (χ2v) is 11.8. The molecule has 1 aromatic rings. The molecule has 164 valence electrons. The predicted octanol–water partition coefficient (Wildman–Crippen LogP) is 6.32. The topological polar surface area (TPSA) is 52.6 Å². The van der Waals surface area contributed by atoms with Crippen molar-refractivity contribution in [2.45, 2.75) is 105 Å². The van der Waals surface area contributed by atoms with Gasteiger partial charge in [0.2, 0.25) is 0 Å². The average molecular weight is 405 g/mol. The van der Waals surface area contributed by atoms with Gasteiger partial charge in [0.05, 0.1) is 18.2 Å². The van der Waals surface area contributed by atoms with Gasteiger partial charge < -0.3 is 9.47 Å². The Morgan fingerprint density at radius 1 is 0.621 bits per heavy atom. The fourth-order valence-corrected chi connectivity index (χ4v) is 3.76.